The van der Waals surface area contributed by atoms with E-state index in [2.05, 4.69) is 13.8 Å². The maximum atomic E-state index is 9.47. The molecule has 0 spiro atoms. The number of rotatable bonds is 1. The van der Waals surface area contributed by atoms with Gasteiger partial charge in [0.2, 0.25) is 0 Å². The van der Waals surface area contributed by atoms with E-state index in [0.717, 1.165) is 18.8 Å². The Hall–Kier alpha value is -0.0800. The third-order valence-corrected chi connectivity index (χ3v) is 4.77. The van der Waals surface area contributed by atoms with Gasteiger partial charge in [-0.05, 0) is 30.6 Å². The molecule has 2 aliphatic rings. The molecular weight excluding hydrogens is 150 g/mol. The van der Waals surface area contributed by atoms with E-state index in [1.807, 2.05) is 0 Å². The van der Waals surface area contributed by atoms with E-state index in [1.165, 1.54) is 6.42 Å². The molecule has 2 heteroatoms. The Morgan fingerprint density at radius 3 is 2.42 bits per heavy atom. The van der Waals surface area contributed by atoms with E-state index in [0.29, 0.717) is 0 Å². The van der Waals surface area contributed by atoms with Gasteiger partial charge in [-0.15, -0.1) is 0 Å². The number of hydrogen-bond acceptors (Lipinski definition) is 2. The molecule has 0 saturated heterocycles. The Balaban J connectivity index is 2.39. The Morgan fingerprint density at radius 2 is 2.17 bits per heavy atom. The van der Waals surface area contributed by atoms with Gasteiger partial charge in [-0.3, -0.25) is 0 Å². The van der Waals surface area contributed by atoms with Gasteiger partial charge in [0.25, 0.3) is 0 Å². The first kappa shape index (κ1) is 8.52. The normalized spacial score (nSPS) is 50.0. The van der Waals surface area contributed by atoms with Crippen molar-refractivity contribution in [2.75, 3.05) is 6.61 Å². The van der Waals surface area contributed by atoms with Crippen molar-refractivity contribution in [1.82, 2.24) is 0 Å². The second-order valence-electron chi connectivity index (χ2n) is 5.11. The molecule has 0 aliphatic heterocycles. The summed E-state index contributed by atoms with van der Waals surface area (Å²) in [6.07, 6.45) is 3.51. The highest BCUT2D eigenvalue weighted by Gasteiger charge is 2.62. The molecule has 0 heterocycles. The molecule has 0 aromatic carbocycles. The Morgan fingerprint density at radius 1 is 1.50 bits per heavy atom. The van der Waals surface area contributed by atoms with Gasteiger partial charge < -0.3 is 10.8 Å². The first-order valence-electron chi connectivity index (χ1n) is 4.91. The van der Waals surface area contributed by atoms with Crippen molar-refractivity contribution in [2.45, 2.75) is 39.2 Å². The van der Waals surface area contributed by atoms with Crippen LogP contribution in [0.1, 0.15) is 33.1 Å². The fourth-order valence-electron chi connectivity index (χ4n) is 3.53. The van der Waals surface area contributed by atoms with Gasteiger partial charge in [-0.2, -0.15) is 0 Å². The molecule has 2 nitrogen and oxygen atoms in total. The molecule has 0 radical (unpaired) electrons. The molecule has 0 amide bonds. The van der Waals surface area contributed by atoms with Crippen LogP contribution in [0.15, 0.2) is 0 Å². The predicted molar refractivity (Wildman–Crippen MR) is 48.6 cm³/mol. The number of hydrogen-bond donors (Lipinski definition) is 2. The van der Waals surface area contributed by atoms with Gasteiger partial charge in [0.1, 0.15) is 0 Å². The van der Waals surface area contributed by atoms with E-state index in [9.17, 15) is 5.11 Å². The van der Waals surface area contributed by atoms with Gasteiger partial charge in [-0.25, -0.2) is 0 Å². The summed E-state index contributed by atoms with van der Waals surface area (Å²) in [5, 5.41) is 9.47. The number of fused-ring (bicyclic) bond motifs is 2. The fraction of sp³-hybridized carbons (Fsp3) is 1.00. The predicted octanol–water partition coefficient (Wildman–Crippen LogP) is 1.13. The lowest BCUT2D eigenvalue weighted by atomic mass is 9.68. The summed E-state index contributed by atoms with van der Waals surface area (Å²) in [6, 6.07) is 0.233. The summed E-state index contributed by atoms with van der Waals surface area (Å²) < 4.78 is 0. The van der Waals surface area contributed by atoms with Gasteiger partial charge in [0, 0.05) is 11.5 Å². The molecule has 2 aliphatic carbocycles. The molecule has 2 fully saturated rings. The number of nitrogens with two attached hydrogens (primary N) is 1. The molecule has 2 bridgehead atoms. The smallest absolute Gasteiger partial charge is 0.0507 e. The van der Waals surface area contributed by atoms with Crippen molar-refractivity contribution >= 4 is 0 Å². The lowest BCUT2D eigenvalue weighted by Crippen LogP contribution is -2.46. The zero-order valence-electron chi connectivity index (χ0n) is 8.01. The average molecular weight is 169 g/mol. The SMILES string of the molecule is CC1(C)[C@@H]2CC[C@]1(CO)[C@@H](N)C2. The first-order chi connectivity index (χ1) is 5.54. The molecular formula is C10H19NO. The van der Waals surface area contributed by atoms with Crippen LogP contribution in [0.3, 0.4) is 0 Å². The van der Waals surface area contributed by atoms with E-state index in [4.69, 9.17) is 5.73 Å². The molecule has 0 aromatic rings. The molecule has 12 heavy (non-hydrogen) atoms. The number of aliphatic hydroxyl groups is 1. The maximum absolute atomic E-state index is 9.47. The van der Waals surface area contributed by atoms with Crippen LogP contribution in [0, 0.1) is 16.7 Å². The van der Waals surface area contributed by atoms with Gasteiger partial charge in [0.05, 0.1) is 6.61 Å². The highest BCUT2D eigenvalue weighted by atomic mass is 16.3. The molecule has 0 unspecified atom stereocenters. The van der Waals surface area contributed by atoms with Crippen LogP contribution in [0.4, 0.5) is 0 Å². The van der Waals surface area contributed by atoms with Crippen molar-refractivity contribution in [2.24, 2.45) is 22.5 Å². The van der Waals surface area contributed by atoms with Crippen LogP contribution >= 0.6 is 0 Å². The molecule has 2 saturated carbocycles. The van der Waals surface area contributed by atoms with Crippen LogP contribution in [0.25, 0.3) is 0 Å². The van der Waals surface area contributed by atoms with Crippen LogP contribution < -0.4 is 5.73 Å². The first-order valence-corrected chi connectivity index (χ1v) is 4.91. The van der Waals surface area contributed by atoms with E-state index >= 15 is 0 Å². The van der Waals surface area contributed by atoms with Crippen molar-refractivity contribution in [1.29, 1.82) is 0 Å². The van der Waals surface area contributed by atoms with Crippen molar-refractivity contribution in [3.05, 3.63) is 0 Å². The summed E-state index contributed by atoms with van der Waals surface area (Å²) >= 11 is 0. The lowest BCUT2D eigenvalue weighted by molar-refractivity contribution is 0.0344. The minimum atomic E-state index is 0.0394. The second-order valence-corrected chi connectivity index (χ2v) is 5.11. The molecule has 3 N–H and O–H groups in total. The summed E-state index contributed by atoms with van der Waals surface area (Å²) in [6.45, 7) is 4.82. The second kappa shape index (κ2) is 2.24. The third kappa shape index (κ3) is 0.686. The highest BCUT2D eigenvalue weighted by molar-refractivity contribution is 5.13. The molecule has 3 atom stereocenters. The minimum absolute atomic E-state index is 0.0394. The van der Waals surface area contributed by atoms with E-state index < -0.39 is 0 Å². The quantitative estimate of drug-likeness (QED) is 0.618. The van der Waals surface area contributed by atoms with Crippen LogP contribution in [-0.4, -0.2) is 17.8 Å². The summed E-state index contributed by atoms with van der Waals surface area (Å²) in [4.78, 5) is 0. The van der Waals surface area contributed by atoms with Crippen molar-refractivity contribution < 1.29 is 5.11 Å². The van der Waals surface area contributed by atoms with Crippen LogP contribution in [0.2, 0.25) is 0 Å². The van der Waals surface area contributed by atoms with Crippen molar-refractivity contribution in [3.8, 4) is 0 Å². The van der Waals surface area contributed by atoms with Gasteiger partial charge >= 0.3 is 0 Å². The topological polar surface area (TPSA) is 46.2 Å². The third-order valence-electron chi connectivity index (χ3n) is 4.77. The standard InChI is InChI=1S/C10H19NO/c1-9(2)7-3-4-10(9,6-12)8(11)5-7/h7-8,12H,3-6,11H2,1-2H3/t7-,8+,10+/m1/s1. The van der Waals surface area contributed by atoms with E-state index in [-0.39, 0.29) is 23.5 Å². The maximum Gasteiger partial charge on any atom is 0.0507 e. The molecule has 2 rings (SSSR count). The Kier molecular flexibility index (Phi) is 1.59. The molecule has 70 valence electrons. The monoisotopic (exact) mass is 169 g/mol. The Bertz CT molecular complexity index is 202. The Labute approximate surface area is 74.1 Å². The summed E-state index contributed by atoms with van der Waals surface area (Å²) in [5.74, 6) is 0.750. The molecule has 0 aromatic heterocycles. The van der Waals surface area contributed by atoms with Crippen LogP contribution in [-0.2, 0) is 0 Å². The van der Waals surface area contributed by atoms with Crippen molar-refractivity contribution in [3.63, 3.8) is 0 Å². The lowest BCUT2D eigenvalue weighted by Gasteiger charge is -2.39. The fourth-order valence-corrected chi connectivity index (χ4v) is 3.53. The van der Waals surface area contributed by atoms with E-state index in [1.54, 1.807) is 0 Å². The minimum Gasteiger partial charge on any atom is -0.396 e. The number of aliphatic hydroxyl groups excluding tert-OH is 1. The zero-order valence-corrected chi connectivity index (χ0v) is 8.01. The zero-order chi connectivity index (χ0) is 8.98. The highest BCUT2D eigenvalue weighted by Crippen LogP contribution is 2.64. The average Bonchev–Trinajstić information content (AvgIpc) is 2.36. The van der Waals surface area contributed by atoms with Gasteiger partial charge in [0.15, 0.2) is 0 Å². The largest absolute Gasteiger partial charge is 0.396 e. The van der Waals surface area contributed by atoms with Crippen LogP contribution in [0.5, 0.6) is 0 Å². The summed E-state index contributed by atoms with van der Waals surface area (Å²) in [5.41, 5.74) is 6.39. The summed E-state index contributed by atoms with van der Waals surface area (Å²) in [7, 11) is 0. The van der Waals surface area contributed by atoms with Gasteiger partial charge in [-0.1, -0.05) is 13.8 Å².